The van der Waals surface area contributed by atoms with Crippen molar-refractivity contribution in [2.75, 3.05) is 18.4 Å². The van der Waals surface area contributed by atoms with Crippen molar-refractivity contribution >= 4 is 28.5 Å². The quantitative estimate of drug-likeness (QED) is 0.698. The zero-order chi connectivity index (χ0) is 21.3. The average Bonchev–Trinajstić information content (AvgIpc) is 3.30. The first-order valence-corrected chi connectivity index (χ1v) is 10.1. The van der Waals surface area contributed by atoms with E-state index < -0.39 is 0 Å². The van der Waals surface area contributed by atoms with Crippen molar-refractivity contribution in [2.45, 2.75) is 45.9 Å². The number of nitrogens with one attached hydrogen (secondary N) is 1. The van der Waals surface area contributed by atoms with Gasteiger partial charge < -0.3 is 23.9 Å². The van der Waals surface area contributed by atoms with E-state index in [4.69, 9.17) is 9.15 Å². The van der Waals surface area contributed by atoms with Crippen molar-refractivity contribution in [2.24, 2.45) is 0 Å². The van der Waals surface area contributed by atoms with Crippen LogP contribution in [0.1, 0.15) is 36.6 Å². The smallest absolute Gasteiger partial charge is 0.289 e. The summed E-state index contributed by atoms with van der Waals surface area (Å²) >= 11 is 0. The number of benzene rings is 1. The van der Waals surface area contributed by atoms with Crippen molar-refractivity contribution in [1.82, 2.24) is 14.5 Å². The Morgan fingerprint density at radius 3 is 2.67 bits per heavy atom. The largest absolute Gasteiger partial charge is 0.451 e. The van der Waals surface area contributed by atoms with Crippen LogP contribution in [0, 0.1) is 6.92 Å². The maximum atomic E-state index is 12.8. The van der Waals surface area contributed by atoms with Gasteiger partial charge in [0.1, 0.15) is 11.4 Å². The molecular formula is C22H26N4O4. The number of rotatable bonds is 5. The second kappa shape index (κ2) is 8.31. The lowest BCUT2D eigenvalue weighted by Crippen LogP contribution is -2.48. The van der Waals surface area contributed by atoms with Crippen LogP contribution < -0.4 is 5.32 Å². The molecule has 0 unspecified atom stereocenters. The summed E-state index contributed by atoms with van der Waals surface area (Å²) in [6.07, 6.45) is 3.91. The Hall–Kier alpha value is -3.13. The second-order valence-electron chi connectivity index (χ2n) is 7.80. The Labute approximate surface area is 174 Å². The molecule has 1 aromatic carbocycles. The number of furan rings is 1. The van der Waals surface area contributed by atoms with Gasteiger partial charge in [-0.05, 0) is 45.0 Å². The highest BCUT2D eigenvalue weighted by Gasteiger charge is 2.28. The molecule has 1 aliphatic rings. The topological polar surface area (TPSA) is 89.6 Å². The summed E-state index contributed by atoms with van der Waals surface area (Å²) < 4.78 is 13.4. The third kappa shape index (κ3) is 4.38. The number of hydrogen-bond acceptors (Lipinski definition) is 5. The number of carbonyl (C=O) groups excluding carboxylic acids is 2. The van der Waals surface area contributed by atoms with Gasteiger partial charge in [0.15, 0.2) is 5.76 Å². The van der Waals surface area contributed by atoms with Gasteiger partial charge >= 0.3 is 0 Å². The minimum Gasteiger partial charge on any atom is -0.451 e. The van der Waals surface area contributed by atoms with E-state index in [1.807, 2.05) is 37.6 Å². The highest BCUT2D eigenvalue weighted by molar-refractivity contribution is 5.98. The van der Waals surface area contributed by atoms with Crippen LogP contribution in [0.4, 0.5) is 5.69 Å². The molecule has 1 N–H and O–H groups in total. The number of hydrogen-bond donors (Lipinski definition) is 1. The van der Waals surface area contributed by atoms with Gasteiger partial charge in [0, 0.05) is 49.5 Å². The van der Waals surface area contributed by atoms with Crippen molar-refractivity contribution in [3.05, 3.63) is 48.2 Å². The molecule has 8 heteroatoms. The molecule has 0 aliphatic carbocycles. The zero-order valence-corrected chi connectivity index (χ0v) is 17.4. The fraction of sp³-hybridized carbons (Fsp3) is 0.409. The number of aryl methyl sites for hydroxylation is 2. The molecule has 158 valence electrons. The zero-order valence-electron chi connectivity index (χ0n) is 17.4. The molecule has 3 aromatic rings. The molecule has 1 saturated heterocycles. The number of morpholine rings is 1. The van der Waals surface area contributed by atoms with Gasteiger partial charge in [-0.3, -0.25) is 9.59 Å². The van der Waals surface area contributed by atoms with Gasteiger partial charge in [-0.1, -0.05) is 0 Å². The summed E-state index contributed by atoms with van der Waals surface area (Å²) in [5.74, 6) is 0.947. The van der Waals surface area contributed by atoms with Gasteiger partial charge in [-0.2, -0.15) is 0 Å². The Morgan fingerprint density at radius 1 is 1.20 bits per heavy atom. The predicted octanol–water partition coefficient (Wildman–Crippen LogP) is 3.22. The maximum absolute atomic E-state index is 12.8. The molecule has 3 heterocycles. The fourth-order valence-corrected chi connectivity index (χ4v) is 3.81. The standard InChI is InChI=1S/C22H26N4O4/c1-14-12-26(13-15(2)29-14)22(28)20-11-17-10-18(4-5-19(17)30-20)24-21(27)6-8-25-9-7-23-16(25)3/h4-5,7,9-11,14-15H,6,8,12-13H2,1-3H3,(H,24,27)/t14-,15+. The van der Waals surface area contributed by atoms with Crippen molar-refractivity contribution in [3.8, 4) is 0 Å². The number of aromatic nitrogens is 2. The molecule has 8 nitrogen and oxygen atoms in total. The van der Waals surface area contributed by atoms with Gasteiger partial charge in [-0.25, -0.2) is 4.98 Å². The first-order chi connectivity index (χ1) is 14.4. The summed E-state index contributed by atoms with van der Waals surface area (Å²) in [6.45, 7) is 7.47. The first-order valence-electron chi connectivity index (χ1n) is 10.1. The van der Waals surface area contributed by atoms with Crippen LogP contribution in [0.25, 0.3) is 11.0 Å². The lowest BCUT2D eigenvalue weighted by atomic mass is 10.2. The summed E-state index contributed by atoms with van der Waals surface area (Å²) in [6, 6.07) is 7.10. The van der Waals surface area contributed by atoms with Crippen LogP contribution in [0.2, 0.25) is 0 Å². The fourth-order valence-electron chi connectivity index (χ4n) is 3.81. The van der Waals surface area contributed by atoms with E-state index in [1.165, 1.54) is 0 Å². The van der Waals surface area contributed by atoms with Crippen molar-refractivity contribution < 1.29 is 18.7 Å². The van der Waals surface area contributed by atoms with Crippen LogP contribution in [-0.4, -0.2) is 51.6 Å². The monoisotopic (exact) mass is 410 g/mol. The van der Waals surface area contributed by atoms with Crippen LogP contribution in [0.15, 0.2) is 41.1 Å². The Kier molecular flexibility index (Phi) is 5.59. The lowest BCUT2D eigenvalue weighted by molar-refractivity contribution is -0.116. The summed E-state index contributed by atoms with van der Waals surface area (Å²) in [4.78, 5) is 31.1. The molecule has 0 radical (unpaired) electrons. The number of imidazole rings is 1. The maximum Gasteiger partial charge on any atom is 0.289 e. The molecule has 0 spiro atoms. The molecule has 1 fully saturated rings. The number of nitrogens with zero attached hydrogens (tertiary/aromatic N) is 3. The Balaban J connectivity index is 1.42. The number of ether oxygens (including phenoxy) is 1. The number of fused-ring (bicyclic) bond motifs is 1. The van der Waals surface area contributed by atoms with Gasteiger partial charge in [0.25, 0.3) is 5.91 Å². The molecule has 0 bridgehead atoms. The molecule has 30 heavy (non-hydrogen) atoms. The van der Waals surface area contributed by atoms with Crippen LogP contribution in [0.3, 0.4) is 0 Å². The van der Waals surface area contributed by atoms with E-state index in [1.54, 1.807) is 29.3 Å². The highest BCUT2D eigenvalue weighted by atomic mass is 16.5. The first kappa shape index (κ1) is 20.2. The molecular weight excluding hydrogens is 384 g/mol. The number of anilines is 1. The SMILES string of the molecule is Cc1nccn1CCC(=O)Nc1ccc2oc(C(=O)N3C[C@@H](C)O[C@@H](C)C3)cc2c1. The van der Waals surface area contributed by atoms with Crippen LogP contribution in [-0.2, 0) is 16.1 Å². The van der Waals surface area contributed by atoms with E-state index in [0.717, 1.165) is 11.2 Å². The van der Waals surface area contributed by atoms with E-state index in [2.05, 4.69) is 10.3 Å². The minimum absolute atomic E-state index is 0.00463. The summed E-state index contributed by atoms with van der Waals surface area (Å²) in [5.41, 5.74) is 1.28. The second-order valence-corrected chi connectivity index (χ2v) is 7.80. The third-order valence-corrected chi connectivity index (χ3v) is 5.22. The normalized spacial score (nSPS) is 19.2. The molecule has 2 amide bonds. The van der Waals surface area contributed by atoms with Crippen molar-refractivity contribution in [3.63, 3.8) is 0 Å². The van der Waals surface area contributed by atoms with E-state index >= 15 is 0 Å². The van der Waals surface area contributed by atoms with Gasteiger partial charge in [-0.15, -0.1) is 0 Å². The predicted molar refractivity (Wildman–Crippen MR) is 112 cm³/mol. The summed E-state index contributed by atoms with van der Waals surface area (Å²) in [5, 5.41) is 3.68. The van der Waals surface area contributed by atoms with Crippen LogP contribution >= 0.6 is 0 Å². The van der Waals surface area contributed by atoms with Gasteiger partial charge in [0.2, 0.25) is 5.91 Å². The number of carbonyl (C=O) groups is 2. The molecule has 1 aliphatic heterocycles. The average molecular weight is 410 g/mol. The molecule has 2 aromatic heterocycles. The van der Waals surface area contributed by atoms with Gasteiger partial charge in [0.05, 0.1) is 12.2 Å². The lowest BCUT2D eigenvalue weighted by Gasteiger charge is -2.34. The highest BCUT2D eigenvalue weighted by Crippen LogP contribution is 2.25. The number of amides is 2. The Bertz CT molecular complexity index is 1060. The summed E-state index contributed by atoms with van der Waals surface area (Å²) in [7, 11) is 0. The van der Waals surface area contributed by atoms with Crippen molar-refractivity contribution in [1.29, 1.82) is 0 Å². The molecule has 4 rings (SSSR count). The Morgan fingerprint density at radius 2 is 1.97 bits per heavy atom. The third-order valence-electron chi connectivity index (χ3n) is 5.22. The molecule has 2 atom stereocenters. The van der Waals surface area contributed by atoms with E-state index in [9.17, 15) is 9.59 Å². The van der Waals surface area contributed by atoms with E-state index in [-0.39, 0.29) is 24.0 Å². The minimum atomic E-state index is -0.144. The molecule has 0 saturated carbocycles. The van der Waals surface area contributed by atoms with E-state index in [0.29, 0.717) is 43.1 Å². The van der Waals surface area contributed by atoms with Crippen LogP contribution in [0.5, 0.6) is 0 Å².